The zero-order valence-electron chi connectivity index (χ0n) is 12.7. The number of nitrogens with zero attached hydrogens (tertiary/aromatic N) is 1. The fourth-order valence-electron chi connectivity index (χ4n) is 2.46. The van der Waals surface area contributed by atoms with Gasteiger partial charge in [0.1, 0.15) is 11.5 Å². The number of phenols is 2. The van der Waals surface area contributed by atoms with E-state index in [1.54, 1.807) is 30.4 Å². The molecule has 0 aliphatic carbocycles. The van der Waals surface area contributed by atoms with Crippen molar-refractivity contribution in [2.24, 2.45) is 5.16 Å². The van der Waals surface area contributed by atoms with Crippen LogP contribution in [0.3, 0.4) is 0 Å². The van der Waals surface area contributed by atoms with Crippen molar-refractivity contribution in [1.29, 1.82) is 0 Å². The summed E-state index contributed by atoms with van der Waals surface area (Å²) in [6.45, 7) is 7.39. The SMILES string of the molecule is C=CCc1cc(/C=N/O)c(O)c(-c2ccc(O)c(CC=C)c2)c1. The monoisotopic (exact) mass is 309 g/mol. The van der Waals surface area contributed by atoms with Crippen LogP contribution in [-0.4, -0.2) is 21.6 Å². The van der Waals surface area contributed by atoms with Gasteiger partial charge >= 0.3 is 0 Å². The maximum atomic E-state index is 10.4. The van der Waals surface area contributed by atoms with Gasteiger partial charge in [0.05, 0.1) is 6.21 Å². The van der Waals surface area contributed by atoms with Gasteiger partial charge in [-0.2, -0.15) is 0 Å². The Kier molecular flexibility index (Phi) is 5.20. The van der Waals surface area contributed by atoms with Gasteiger partial charge in [0, 0.05) is 11.1 Å². The highest BCUT2D eigenvalue weighted by atomic mass is 16.4. The molecule has 0 amide bonds. The van der Waals surface area contributed by atoms with Gasteiger partial charge in [0.25, 0.3) is 0 Å². The quantitative estimate of drug-likeness (QED) is 0.326. The van der Waals surface area contributed by atoms with Crippen LogP contribution in [0.5, 0.6) is 11.5 Å². The van der Waals surface area contributed by atoms with Crippen LogP contribution in [0.1, 0.15) is 16.7 Å². The lowest BCUT2D eigenvalue weighted by Gasteiger charge is -2.12. The van der Waals surface area contributed by atoms with Crippen molar-refractivity contribution in [3.05, 3.63) is 72.3 Å². The first-order valence-electron chi connectivity index (χ1n) is 7.18. The minimum atomic E-state index is 0.0193. The molecular formula is C19H19NO3. The van der Waals surface area contributed by atoms with E-state index in [4.69, 9.17) is 5.21 Å². The lowest BCUT2D eigenvalue weighted by Crippen LogP contribution is -1.93. The van der Waals surface area contributed by atoms with Crippen molar-refractivity contribution < 1.29 is 15.4 Å². The average molecular weight is 309 g/mol. The maximum Gasteiger partial charge on any atom is 0.132 e. The molecule has 0 aliphatic rings. The first kappa shape index (κ1) is 16.4. The largest absolute Gasteiger partial charge is 0.508 e. The summed E-state index contributed by atoms with van der Waals surface area (Å²) in [5.74, 6) is 0.207. The van der Waals surface area contributed by atoms with Crippen LogP contribution in [0.15, 0.2) is 60.8 Å². The number of phenolic OH excluding ortho intramolecular Hbond substituents is 2. The predicted octanol–water partition coefficient (Wildman–Crippen LogP) is 4.03. The summed E-state index contributed by atoms with van der Waals surface area (Å²) in [5, 5.41) is 32.1. The van der Waals surface area contributed by atoms with Gasteiger partial charge < -0.3 is 15.4 Å². The van der Waals surface area contributed by atoms with E-state index >= 15 is 0 Å². The number of oxime groups is 1. The Labute approximate surface area is 135 Å². The summed E-state index contributed by atoms with van der Waals surface area (Å²) in [4.78, 5) is 0. The normalized spacial score (nSPS) is 10.8. The van der Waals surface area contributed by atoms with E-state index in [1.807, 2.05) is 12.1 Å². The molecule has 0 aliphatic heterocycles. The predicted molar refractivity (Wildman–Crippen MR) is 92.4 cm³/mol. The molecule has 0 atom stereocenters. The molecule has 2 rings (SSSR count). The molecule has 0 heterocycles. The minimum absolute atomic E-state index is 0.0193. The highest BCUT2D eigenvalue weighted by Crippen LogP contribution is 2.35. The van der Waals surface area contributed by atoms with Crippen LogP contribution >= 0.6 is 0 Å². The van der Waals surface area contributed by atoms with Crippen LogP contribution in [0.4, 0.5) is 0 Å². The summed E-state index contributed by atoms with van der Waals surface area (Å²) in [6, 6.07) is 8.73. The molecule has 4 nitrogen and oxygen atoms in total. The van der Waals surface area contributed by atoms with E-state index in [-0.39, 0.29) is 11.5 Å². The molecule has 2 aromatic rings. The fraction of sp³-hybridized carbons (Fsp3) is 0.105. The molecule has 0 unspecified atom stereocenters. The highest BCUT2D eigenvalue weighted by Gasteiger charge is 2.12. The third-order valence-electron chi connectivity index (χ3n) is 3.53. The van der Waals surface area contributed by atoms with Gasteiger partial charge in [-0.15, -0.1) is 13.2 Å². The first-order valence-corrected chi connectivity index (χ1v) is 7.18. The zero-order valence-corrected chi connectivity index (χ0v) is 12.7. The van der Waals surface area contributed by atoms with Crippen LogP contribution in [0.2, 0.25) is 0 Å². The molecule has 0 radical (unpaired) electrons. The van der Waals surface area contributed by atoms with Gasteiger partial charge in [-0.1, -0.05) is 23.4 Å². The molecule has 0 spiro atoms. The van der Waals surface area contributed by atoms with Gasteiger partial charge in [-0.25, -0.2) is 0 Å². The van der Waals surface area contributed by atoms with Crippen molar-refractivity contribution in [2.45, 2.75) is 12.8 Å². The van der Waals surface area contributed by atoms with E-state index in [1.165, 1.54) is 6.21 Å². The standard InChI is InChI=1S/C19H19NO3/c1-3-5-13-9-16(12-20-23)19(22)17(10-13)14-7-8-18(21)15(11-14)6-4-2/h3-4,7-12,21-23H,1-2,5-6H2/b20-12+. The van der Waals surface area contributed by atoms with Crippen LogP contribution in [-0.2, 0) is 12.8 Å². The number of hydrogen-bond acceptors (Lipinski definition) is 4. The molecule has 0 saturated heterocycles. The number of aromatic hydroxyl groups is 2. The maximum absolute atomic E-state index is 10.4. The summed E-state index contributed by atoms with van der Waals surface area (Å²) in [7, 11) is 0. The summed E-state index contributed by atoms with van der Waals surface area (Å²) in [5.41, 5.74) is 3.44. The summed E-state index contributed by atoms with van der Waals surface area (Å²) >= 11 is 0. The molecule has 3 N–H and O–H groups in total. The second kappa shape index (κ2) is 7.31. The van der Waals surface area contributed by atoms with Crippen molar-refractivity contribution in [2.75, 3.05) is 0 Å². The average Bonchev–Trinajstić information content (AvgIpc) is 2.53. The molecule has 2 aromatic carbocycles. The summed E-state index contributed by atoms with van der Waals surface area (Å²) < 4.78 is 0. The Morgan fingerprint density at radius 1 is 1.00 bits per heavy atom. The number of allylic oxidation sites excluding steroid dienone is 2. The Morgan fingerprint density at radius 3 is 2.39 bits per heavy atom. The topological polar surface area (TPSA) is 73.1 Å². The van der Waals surface area contributed by atoms with Gasteiger partial charge in [0.15, 0.2) is 0 Å². The molecule has 0 fully saturated rings. The van der Waals surface area contributed by atoms with Crippen molar-refractivity contribution in [3.63, 3.8) is 0 Å². The van der Waals surface area contributed by atoms with Gasteiger partial charge in [0.2, 0.25) is 0 Å². The molecular weight excluding hydrogens is 290 g/mol. The van der Waals surface area contributed by atoms with E-state index in [0.717, 1.165) is 16.7 Å². The van der Waals surface area contributed by atoms with Crippen LogP contribution in [0.25, 0.3) is 11.1 Å². The van der Waals surface area contributed by atoms with Crippen molar-refractivity contribution in [1.82, 2.24) is 0 Å². The molecule has 0 aromatic heterocycles. The number of benzene rings is 2. The highest BCUT2D eigenvalue weighted by molar-refractivity contribution is 5.89. The second-order valence-electron chi connectivity index (χ2n) is 5.15. The molecule has 0 bridgehead atoms. The number of rotatable bonds is 6. The van der Waals surface area contributed by atoms with Gasteiger partial charge in [-0.3, -0.25) is 0 Å². The fourth-order valence-corrected chi connectivity index (χ4v) is 2.46. The first-order chi connectivity index (χ1) is 11.1. The van der Waals surface area contributed by atoms with E-state index < -0.39 is 0 Å². The van der Waals surface area contributed by atoms with E-state index in [0.29, 0.717) is 24.0 Å². The van der Waals surface area contributed by atoms with Gasteiger partial charge in [-0.05, 0) is 53.8 Å². The van der Waals surface area contributed by atoms with Crippen LogP contribution < -0.4 is 0 Å². The Hall–Kier alpha value is -3.01. The Bertz CT molecular complexity index is 763. The van der Waals surface area contributed by atoms with E-state index in [9.17, 15) is 10.2 Å². The molecule has 0 saturated carbocycles. The molecule has 23 heavy (non-hydrogen) atoms. The summed E-state index contributed by atoms with van der Waals surface area (Å²) in [6.07, 6.45) is 5.80. The van der Waals surface area contributed by atoms with Crippen molar-refractivity contribution >= 4 is 6.21 Å². The number of hydrogen-bond donors (Lipinski definition) is 3. The Balaban J connectivity index is 2.63. The van der Waals surface area contributed by atoms with Crippen molar-refractivity contribution in [3.8, 4) is 22.6 Å². The van der Waals surface area contributed by atoms with E-state index in [2.05, 4.69) is 18.3 Å². The third kappa shape index (κ3) is 3.61. The third-order valence-corrected chi connectivity index (χ3v) is 3.53. The Morgan fingerprint density at radius 2 is 1.74 bits per heavy atom. The minimum Gasteiger partial charge on any atom is -0.508 e. The lowest BCUT2D eigenvalue weighted by molar-refractivity contribution is 0.321. The zero-order chi connectivity index (χ0) is 16.8. The second-order valence-corrected chi connectivity index (χ2v) is 5.15. The smallest absolute Gasteiger partial charge is 0.132 e. The lowest BCUT2D eigenvalue weighted by atomic mass is 9.95. The molecule has 4 heteroatoms. The van der Waals surface area contributed by atoms with Crippen LogP contribution in [0, 0.1) is 0 Å². The molecule has 118 valence electrons.